The molecule has 0 saturated heterocycles. The van der Waals surface area contributed by atoms with E-state index in [0.29, 0.717) is 4.22 Å². The van der Waals surface area contributed by atoms with Crippen LogP contribution in [0.25, 0.3) is 0 Å². The third-order valence-corrected chi connectivity index (χ3v) is 12.0. The number of carbonyl (C=O) groups excluding carboxylic acids is 1. The van der Waals surface area contributed by atoms with Gasteiger partial charge in [0, 0.05) is 0 Å². The van der Waals surface area contributed by atoms with Crippen molar-refractivity contribution in [3.05, 3.63) is 22.3 Å². The molecule has 0 spiro atoms. The van der Waals surface area contributed by atoms with Crippen molar-refractivity contribution < 1.29 is 25.1 Å². The number of hydrogen-bond acceptors (Lipinski definition) is 2. The Hall–Kier alpha value is -0.336. The molecule has 0 N–H and O–H groups in total. The van der Waals surface area contributed by atoms with E-state index < -0.39 is 17.0 Å². The summed E-state index contributed by atoms with van der Waals surface area (Å²) in [4.78, 5) is 12.8. The Bertz CT molecular complexity index is 608. The third kappa shape index (κ3) is 3.58. The summed E-state index contributed by atoms with van der Waals surface area (Å²) in [6.45, 7) is 0. The summed E-state index contributed by atoms with van der Waals surface area (Å²) >= 11 is -2.62. The van der Waals surface area contributed by atoms with E-state index >= 15 is 0 Å². The van der Waals surface area contributed by atoms with Gasteiger partial charge in [-0.05, 0) is 0 Å². The molecule has 2 nitrogen and oxygen atoms in total. The zero-order valence-electron chi connectivity index (χ0n) is 16.2. The predicted octanol–water partition coefficient (Wildman–Crippen LogP) is 6.82. The first-order chi connectivity index (χ1) is 12.1. The molecule has 4 rings (SSSR count). The molecule has 0 aromatic heterocycles. The Labute approximate surface area is 157 Å². The fraction of sp³-hybridized carbons (Fsp3) is 0.773. The van der Waals surface area contributed by atoms with Gasteiger partial charge in [0.05, 0.1) is 0 Å². The maximum absolute atomic E-state index is 12.8. The van der Waals surface area contributed by atoms with Gasteiger partial charge in [0.25, 0.3) is 0 Å². The molecule has 1 fully saturated rings. The molecule has 0 radical (unpaired) electrons. The van der Waals surface area contributed by atoms with Crippen molar-refractivity contribution in [2.75, 3.05) is 0 Å². The van der Waals surface area contributed by atoms with Gasteiger partial charge in [-0.15, -0.1) is 0 Å². The molecule has 4 aliphatic carbocycles. The summed E-state index contributed by atoms with van der Waals surface area (Å²) in [5.41, 5.74) is 6.93. The van der Waals surface area contributed by atoms with Crippen LogP contribution in [0.3, 0.4) is 0 Å². The van der Waals surface area contributed by atoms with Gasteiger partial charge in [-0.25, -0.2) is 0 Å². The van der Waals surface area contributed by atoms with E-state index in [1.165, 1.54) is 70.6 Å². The first-order valence-electron chi connectivity index (χ1n) is 10.7. The molecular weight excluding hydrogens is 344 g/mol. The number of allylic oxidation sites excluding steroid dienone is 4. The van der Waals surface area contributed by atoms with Crippen LogP contribution in [0, 0.1) is 5.92 Å². The second-order valence-corrected chi connectivity index (χ2v) is 15.7. The third-order valence-electron chi connectivity index (χ3n) is 7.22. The Morgan fingerprint density at radius 3 is 2.40 bits per heavy atom. The van der Waals surface area contributed by atoms with E-state index in [0.717, 1.165) is 12.8 Å². The first-order valence-corrected chi connectivity index (χ1v) is 15.4. The topological polar surface area (TPSA) is 26.3 Å². The van der Waals surface area contributed by atoms with Crippen LogP contribution in [0.5, 0.6) is 0 Å². The minimum absolute atomic E-state index is 0.160. The van der Waals surface area contributed by atoms with E-state index in [-0.39, 0.29) is 11.9 Å². The number of carbonyl (C=O) groups is 1. The van der Waals surface area contributed by atoms with Crippen molar-refractivity contribution in [2.45, 2.75) is 98.2 Å². The van der Waals surface area contributed by atoms with E-state index in [1.54, 1.807) is 22.3 Å². The van der Waals surface area contributed by atoms with Crippen molar-refractivity contribution >= 4 is 5.97 Å². The van der Waals surface area contributed by atoms with E-state index in [1.807, 2.05) is 0 Å². The molecule has 0 aromatic rings. The van der Waals surface area contributed by atoms with Gasteiger partial charge < -0.3 is 0 Å². The molecule has 1 atom stereocenters. The van der Waals surface area contributed by atoms with Crippen molar-refractivity contribution in [2.24, 2.45) is 5.92 Å². The molecule has 1 saturated carbocycles. The van der Waals surface area contributed by atoms with Crippen LogP contribution in [0.4, 0.5) is 0 Å². The van der Waals surface area contributed by atoms with E-state index in [4.69, 9.17) is 3.32 Å². The van der Waals surface area contributed by atoms with Gasteiger partial charge >= 0.3 is 157 Å². The monoisotopic (exact) mass is 378 g/mol. The van der Waals surface area contributed by atoms with Crippen LogP contribution < -0.4 is 0 Å². The van der Waals surface area contributed by atoms with Gasteiger partial charge in [0.15, 0.2) is 0 Å². The molecular formula is C22H34O2Ti. The van der Waals surface area contributed by atoms with Crippen LogP contribution >= 0.6 is 0 Å². The number of fused-ring (bicyclic) bond motifs is 1. The normalized spacial score (nSPS) is 28.0. The molecule has 0 amide bonds. The van der Waals surface area contributed by atoms with Crippen LogP contribution in [-0.2, 0) is 25.1 Å². The molecule has 138 valence electrons. The molecule has 0 aromatic carbocycles. The van der Waals surface area contributed by atoms with Gasteiger partial charge in [0.1, 0.15) is 0 Å². The van der Waals surface area contributed by atoms with Crippen LogP contribution in [0.15, 0.2) is 22.3 Å². The quantitative estimate of drug-likeness (QED) is 0.504. The van der Waals surface area contributed by atoms with Crippen LogP contribution in [-0.4, -0.2) is 5.97 Å². The summed E-state index contributed by atoms with van der Waals surface area (Å²) < 4.78 is 6.99. The minimum atomic E-state index is -2.62. The summed E-state index contributed by atoms with van der Waals surface area (Å²) in [5.74, 6) is 0.360. The average molecular weight is 378 g/mol. The summed E-state index contributed by atoms with van der Waals surface area (Å²) in [6, 6.07) is 0. The first kappa shape index (κ1) is 18.0. The molecule has 0 heterocycles. The van der Waals surface area contributed by atoms with E-state index in [2.05, 4.69) is 10.5 Å². The zero-order valence-corrected chi connectivity index (χ0v) is 17.7. The SMILES string of the molecule is [CH3][Ti]([CH3])([O]C(=O)C1CCCCC1)[CH]1CCCC2=C1CC1=C2CCCC1. The molecule has 0 aliphatic heterocycles. The van der Waals surface area contributed by atoms with Crippen molar-refractivity contribution in [1.82, 2.24) is 0 Å². The second-order valence-electron chi connectivity index (χ2n) is 9.27. The zero-order chi connectivity index (χ0) is 17.4. The van der Waals surface area contributed by atoms with Crippen molar-refractivity contribution in [3.63, 3.8) is 0 Å². The average Bonchev–Trinajstić information content (AvgIpc) is 3.00. The summed E-state index contributed by atoms with van der Waals surface area (Å²) in [6.07, 6.45) is 16.3. The Morgan fingerprint density at radius 2 is 1.60 bits per heavy atom. The number of hydrogen-bond donors (Lipinski definition) is 0. The van der Waals surface area contributed by atoms with Crippen molar-refractivity contribution in [1.29, 1.82) is 0 Å². The maximum atomic E-state index is 12.8. The molecule has 4 aliphatic rings. The molecule has 25 heavy (non-hydrogen) atoms. The summed E-state index contributed by atoms with van der Waals surface area (Å²) in [5, 5.41) is 4.72. The van der Waals surface area contributed by atoms with Gasteiger partial charge in [-0.3, -0.25) is 0 Å². The standard InChI is InChI=1S/C13H17.C7H12O2.2CH3.Ti/c1-3-7-12-10(5-1)9-11-6-2-4-8-13(11)12;8-7(9)6-4-2-1-3-5-6;;;/h5H,1-4,6-9H2;6H,1-5H2,(H,8,9);2*1H3;/q;;;;+1/p-1. The van der Waals surface area contributed by atoms with E-state index in [9.17, 15) is 4.79 Å². The molecule has 3 heteroatoms. The Kier molecular flexibility index (Phi) is 5.31. The number of rotatable bonds is 3. The Balaban J connectivity index is 1.50. The van der Waals surface area contributed by atoms with Gasteiger partial charge in [-0.2, -0.15) is 0 Å². The molecule has 1 unspecified atom stereocenters. The fourth-order valence-electron chi connectivity index (χ4n) is 5.88. The molecule has 0 bridgehead atoms. The van der Waals surface area contributed by atoms with Crippen LogP contribution in [0.1, 0.15) is 83.5 Å². The predicted molar refractivity (Wildman–Crippen MR) is 99.1 cm³/mol. The van der Waals surface area contributed by atoms with Gasteiger partial charge in [-0.1, -0.05) is 0 Å². The van der Waals surface area contributed by atoms with Gasteiger partial charge in [0.2, 0.25) is 0 Å². The fourth-order valence-corrected chi connectivity index (χ4v) is 10.3. The second kappa shape index (κ2) is 7.35. The van der Waals surface area contributed by atoms with Crippen molar-refractivity contribution in [3.8, 4) is 0 Å². The van der Waals surface area contributed by atoms with Crippen LogP contribution in [0.2, 0.25) is 14.7 Å². The Morgan fingerprint density at radius 1 is 0.880 bits per heavy atom. The summed E-state index contributed by atoms with van der Waals surface area (Å²) in [7, 11) is 0.